The second-order valence-electron chi connectivity index (χ2n) is 5.29. The molecule has 1 heterocycles. The van der Waals surface area contributed by atoms with Crippen LogP contribution < -0.4 is 5.32 Å². The van der Waals surface area contributed by atoms with Gasteiger partial charge < -0.3 is 5.32 Å². The summed E-state index contributed by atoms with van der Waals surface area (Å²) in [4.78, 5) is 1.50. The van der Waals surface area contributed by atoms with Gasteiger partial charge in [-0.05, 0) is 24.5 Å². The number of benzene rings is 1. The summed E-state index contributed by atoms with van der Waals surface area (Å²) in [6.45, 7) is 1.18. The van der Waals surface area contributed by atoms with Gasteiger partial charge in [0.25, 0.3) is 0 Å². The summed E-state index contributed by atoms with van der Waals surface area (Å²) < 4.78 is 0. The van der Waals surface area contributed by atoms with Crippen LogP contribution in [0.1, 0.15) is 43.6 Å². The van der Waals surface area contributed by atoms with Gasteiger partial charge in [-0.1, -0.05) is 37.5 Å². The van der Waals surface area contributed by atoms with E-state index in [1.807, 2.05) is 11.8 Å². The van der Waals surface area contributed by atoms with Gasteiger partial charge in [0.1, 0.15) is 0 Å². The van der Waals surface area contributed by atoms with Gasteiger partial charge in [0.05, 0.1) is 0 Å². The van der Waals surface area contributed by atoms with Gasteiger partial charge in [-0.2, -0.15) is 0 Å². The van der Waals surface area contributed by atoms with Crippen molar-refractivity contribution in [3.05, 3.63) is 29.8 Å². The standard InChI is InChI=1S/C15H21NS/c1-2-6-13(7-3-1)16-10-12-11-17-15-9-5-4-8-14(12)15/h4-5,8-9,12-13,16H,1-3,6-7,10-11H2. The number of thioether (sulfide) groups is 1. The molecule has 17 heavy (non-hydrogen) atoms. The lowest BCUT2D eigenvalue weighted by molar-refractivity contribution is 0.368. The zero-order valence-corrected chi connectivity index (χ0v) is 11.1. The van der Waals surface area contributed by atoms with E-state index in [-0.39, 0.29) is 0 Å². The van der Waals surface area contributed by atoms with E-state index in [2.05, 4.69) is 29.6 Å². The molecule has 1 aromatic carbocycles. The highest BCUT2D eigenvalue weighted by atomic mass is 32.2. The van der Waals surface area contributed by atoms with Crippen molar-refractivity contribution in [2.75, 3.05) is 12.3 Å². The van der Waals surface area contributed by atoms with Gasteiger partial charge in [-0.15, -0.1) is 11.8 Å². The number of fused-ring (bicyclic) bond motifs is 1. The fourth-order valence-corrected chi connectivity index (χ4v) is 4.27. The van der Waals surface area contributed by atoms with E-state index in [0.29, 0.717) is 0 Å². The Morgan fingerprint density at radius 3 is 2.82 bits per heavy atom. The molecule has 1 atom stereocenters. The topological polar surface area (TPSA) is 12.0 Å². The first-order chi connectivity index (χ1) is 8.43. The van der Waals surface area contributed by atoms with E-state index in [1.54, 1.807) is 5.56 Å². The first kappa shape index (κ1) is 11.6. The quantitative estimate of drug-likeness (QED) is 0.872. The van der Waals surface area contributed by atoms with E-state index in [0.717, 1.165) is 12.0 Å². The summed E-state index contributed by atoms with van der Waals surface area (Å²) in [6, 6.07) is 9.70. The number of hydrogen-bond acceptors (Lipinski definition) is 2. The summed E-state index contributed by atoms with van der Waals surface area (Å²) in [6.07, 6.45) is 7.07. The Morgan fingerprint density at radius 1 is 1.12 bits per heavy atom. The lowest BCUT2D eigenvalue weighted by atomic mass is 9.94. The molecule has 0 aromatic heterocycles. The highest BCUT2D eigenvalue weighted by Crippen LogP contribution is 2.38. The molecule has 1 saturated carbocycles. The van der Waals surface area contributed by atoms with Crippen molar-refractivity contribution in [1.82, 2.24) is 5.32 Å². The molecule has 1 unspecified atom stereocenters. The van der Waals surface area contributed by atoms with E-state index in [1.165, 1.54) is 49.3 Å². The van der Waals surface area contributed by atoms with Crippen LogP contribution in [0, 0.1) is 0 Å². The highest BCUT2D eigenvalue weighted by molar-refractivity contribution is 7.99. The Balaban J connectivity index is 1.56. The van der Waals surface area contributed by atoms with Crippen LogP contribution in [0.2, 0.25) is 0 Å². The molecule has 1 fully saturated rings. The van der Waals surface area contributed by atoms with Crippen LogP contribution in [0.3, 0.4) is 0 Å². The minimum absolute atomic E-state index is 0.734. The molecular weight excluding hydrogens is 226 g/mol. The molecular formula is C15H21NS. The van der Waals surface area contributed by atoms with E-state index in [4.69, 9.17) is 0 Å². The summed E-state index contributed by atoms with van der Waals surface area (Å²) in [7, 11) is 0. The third kappa shape index (κ3) is 2.69. The number of nitrogens with one attached hydrogen (secondary N) is 1. The van der Waals surface area contributed by atoms with Gasteiger partial charge in [0, 0.05) is 29.2 Å². The smallest absolute Gasteiger partial charge is 0.0108 e. The summed E-state index contributed by atoms with van der Waals surface area (Å²) >= 11 is 2.02. The van der Waals surface area contributed by atoms with Crippen LogP contribution in [-0.2, 0) is 0 Å². The summed E-state index contributed by atoms with van der Waals surface area (Å²) in [5, 5.41) is 3.79. The van der Waals surface area contributed by atoms with Gasteiger partial charge in [-0.3, -0.25) is 0 Å². The Bertz CT molecular complexity index is 371. The predicted octanol–water partition coefficient (Wildman–Crippen LogP) is 3.80. The van der Waals surface area contributed by atoms with Gasteiger partial charge in [0.15, 0.2) is 0 Å². The lowest BCUT2D eigenvalue weighted by Crippen LogP contribution is -2.34. The molecule has 1 N–H and O–H groups in total. The zero-order chi connectivity index (χ0) is 11.5. The second kappa shape index (κ2) is 5.45. The SMILES string of the molecule is c1ccc2c(c1)SCC2CNC1CCCCC1. The van der Waals surface area contributed by atoms with Crippen LogP contribution in [0.15, 0.2) is 29.2 Å². The number of rotatable bonds is 3. The number of hydrogen-bond donors (Lipinski definition) is 1. The summed E-state index contributed by atoms with van der Waals surface area (Å²) in [5.74, 6) is 2.00. The van der Waals surface area contributed by atoms with Crippen molar-refractivity contribution in [2.24, 2.45) is 0 Å². The van der Waals surface area contributed by atoms with Gasteiger partial charge in [0.2, 0.25) is 0 Å². The Hall–Kier alpha value is -0.470. The molecule has 0 spiro atoms. The largest absolute Gasteiger partial charge is 0.313 e. The first-order valence-corrected chi connectivity index (χ1v) is 7.87. The lowest BCUT2D eigenvalue weighted by Gasteiger charge is -2.24. The molecule has 1 aliphatic carbocycles. The maximum Gasteiger partial charge on any atom is 0.0108 e. The molecule has 0 bridgehead atoms. The average Bonchev–Trinajstić information content (AvgIpc) is 2.81. The first-order valence-electron chi connectivity index (χ1n) is 6.88. The Labute approximate surface area is 108 Å². The van der Waals surface area contributed by atoms with Crippen molar-refractivity contribution in [3.63, 3.8) is 0 Å². The zero-order valence-electron chi connectivity index (χ0n) is 10.3. The minimum atomic E-state index is 0.734. The molecule has 1 nitrogen and oxygen atoms in total. The molecule has 2 heteroatoms. The molecule has 92 valence electrons. The maximum absolute atomic E-state index is 3.79. The van der Waals surface area contributed by atoms with E-state index in [9.17, 15) is 0 Å². The van der Waals surface area contributed by atoms with Crippen LogP contribution >= 0.6 is 11.8 Å². The van der Waals surface area contributed by atoms with Crippen LogP contribution in [0.25, 0.3) is 0 Å². The molecule has 1 aliphatic heterocycles. The van der Waals surface area contributed by atoms with Crippen LogP contribution in [0.4, 0.5) is 0 Å². The molecule has 0 saturated heterocycles. The molecule has 0 radical (unpaired) electrons. The Morgan fingerprint density at radius 2 is 1.94 bits per heavy atom. The van der Waals surface area contributed by atoms with E-state index < -0.39 is 0 Å². The van der Waals surface area contributed by atoms with Crippen molar-refractivity contribution >= 4 is 11.8 Å². The Kier molecular flexibility index (Phi) is 3.72. The fourth-order valence-electron chi connectivity index (χ4n) is 3.01. The molecule has 2 aliphatic rings. The molecule has 0 amide bonds. The van der Waals surface area contributed by atoms with Crippen molar-refractivity contribution in [2.45, 2.75) is 49.0 Å². The highest BCUT2D eigenvalue weighted by Gasteiger charge is 2.23. The normalized spacial score (nSPS) is 24.8. The second-order valence-corrected chi connectivity index (χ2v) is 6.35. The van der Waals surface area contributed by atoms with Crippen molar-refractivity contribution < 1.29 is 0 Å². The van der Waals surface area contributed by atoms with E-state index >= 15 is 0 Å². The molecule has 1 aromatic rings. The van der Waals surface area contributed by atoms with Gasteiger partial charge in [-0.25, -0.2) is 0 Å². The average molecular weight is 247 g/mol. The predicted molar refractivity (Wildman–Crippen MR) is 74.8 cm³/mol. The molecule has 3 rings (SSSR count). The van der Waals surface area contributed by atoms with Crippen LogP contribution in [0.5, 0.6) is 0 Å². The van der Waals surface area contributed by atoms with Crippen LogP contribution in [-0.4, -0.2) is 18.3 Å². The third-order valence-electron chi connectivity index (χ3n) is 4.06. The fraction of sp³-hybridized carbons (Fsp3) is 0.600. The van der Waals surface area contributed by atoms with Gasteiger partial charge >= 0.3 is 0 Å². The maximum atomic E-state index is 3.79. The van der Waals surface area contributed by atoms with Crippen molar-refractivity contribution in [3.8, 4) is 0 Å². The summed E-state index contributed by atoms with van der Waals surface area (Å²) in [5.41, 5.74) is 1.57. The monoisotopic (exact) mass is 247 g/mol. The third-order valence-corrected chi connectivity index (χ3v) is 5.31. The minimum Gasteiger partial charge on any atom is -0.313 e. The van der Waals surface area contributed by atoms with Crippen molar-refractivity contribution in [1.29, 1.82) is 0 Å².